The molecule has 1 nitrogen and oxygen atoms in total. The Kier molecular flexibility index (Phi) is 8.87. The molecule has 160 valence electrons. The van der Waals surface area contributed by atoms with Crippen LogP contribution in [-0.4, -0.2) is 0 Å². The van der Waals surface area contributed by atoms with Crippen LogP contribution in [-0.2, 0) is 0 Å². The van der Waals surface area contributed by atoms with Gasteiger partial charge in [0.1, 0.15) is 11.9 Å². The molecule has 1 aromatic rings. The van der Waals surface area contributed by atoms with E-state index in [0.717, 1.165) is 24.7 Å². The van der Waals surface area contributed by atoms with E-state index < -0.39 is 5.83 Å². The van der Waals surface area contributed by atoms with Crippen molar-refractivity contribution in [3.05, 3.63) is 71.9 Å². The SMILES string of the molecule is N#CC(F)=CC=CCC[C@H]1CC[C@H](/C=C/[C@H]2CC[C@H](c3ccc(F)cc3)CC2)CC1. The number of allylic oxidation sites excluding steroid dienone is 6. The van der Waals surface area contributed by atoms with Gasteiger partial charge < -0.3 is 0 Å². The van der Waals surface area contributed by atoms with Crippen molar-refractivity contribution in [2.75, 3.05) is 0 Å². The third-order valence-corrected chi connectivity index (χ3v) is 6.89. The standard InChI is InChI=1S/C27H33F2N/c28-26-18-16-25(17-19-26)24-14-12-23(13-15-24)11-10-22-8-6-21(7-9-22)4-2-1-3-5-27(29)20-30/h1,3,5,10-11,16-19,21-24H,2,4,6-9,12-15H2/b3-1?,11-10+,27-5?/t21-,22-,23-,24-. The summed E-state index contributed by atoms with van der Waals surface area (Å²) in [4.78, 5) is 0. The Morgan fingerprint density at radius 2 is 1.53 bits per heavy atom. The fraction of sp³-hybridized carbons (Fsp3) is 0.519. The highest BCUT2D eigenvalue weighted by Gasteiger charge is 2.22. The zero-order valence-corrected chi connectivity index (χ0v) is 17.8. The molecule has 3 rings (SSSR count). The average Bonchev–Trinajstić information content (AvgIpc) is 2.79. The Bertz CT molecular complexity index is 768. The van der Waals surface area contributed by atoms with Crippen molar-refractivity contribution in [3.63, 3.8) is 0 Å². The predicted octanol–water partition coefficient (Wildman–Crippen LogP) is 8.18. The van der Waals surface area contributed by atoms with E-state index in [1.54, 1.807) is 18.2 Å². The van der Waals surface area contributed by atoms with E-state index in [1.807, 2.05) is 18.2 Å². The van der Waals surface area contributed by atoms with Gasteiger partial charge in [-0.05, 0) is 112 Å². The summed E-state index contributed by atoms with van der Waals surface area (Å²) >= 11 is 0. The second kappa shape index (κ2) is 11.8. The van der Waals surface area contributed by atoms with Crippen molar-refractivity contribution in [1.29, 1.82) is 5.26 Å². The molecule has 0 bridgehead atoms. The van der Waals surface area contributed by atoms with Gasteiger partial charge in [0.15, 0.2) is 5.83 Å². The Morgan fingerprint density at radius 3 is 2.13 bits per heavy atom. The summed E-state index contributed by atoms with van der Waals surface area (Å²) in [6.07, 6.45) is 21.9. The summed E-state index contributed by atoms with van der Waals surface area (Å²) < 4.78 is 25.8. The molecule has 0 amide bonds. The van der Waals surface area contributed by atoms with E-state index in [9.17, 15) is 8.78 Å². The van der Waals surface area contributed by atoms with Gasteiger partial charge in [-0.1, -0.05) is 36.4 Å². The molecule has 0 radical (unpaired) electrons. The molecule has 0 unspecified atom stereocenters. The second-order valence-corrected chi connectivity index (χ2v) is 8.96. The molecule has 2 aliphatic rings. The van der Waals surface area contributed by atoms with Gasteiger partial charge in [-0.2, -0.15) is 9.65 Å². The monoisotopic (exact) mass is 409 g/mol. The summed E-state index contributed by atoms with van der Waals surface area (Å²) in [5.41, 5.74) is 1.29. The number of nitrogens with zero attached hydrogens (tertiary/aromatic N) is 1. The third-order valence-electron chi connectivity index (χ3n) is 6.89. The lowest BCUT2D eigenvalue weighted by molar-refractivity contribution is 0.295. The van der Waals surface area contributed by atoms with Crippen molar-refractivity contribution in [1.82, 2.24) is 0 Å². The first kappa shape index (κ1) is 22.5. The fourth-order valence-electron chi connectivity index (χ4n) is 4.98. The van der Waals surface area contributed by atoms with Crippen molar-refractivity contribution in [2.24, 2.45) is 17.8 Å². The molecule has 0 aromatic heterocycles. The molecule has 3 heteroatoms. The zero-order valence-electron chi connectivity index (χ0n) is 17.8. The number of nitriles is 1. The van der Waals surface area contributed by atoms with Gasteiger partial charge >= 0.3 is 0 Å². The second-order valence-electron chi connectivity index (χ2n) is 8.96. The van der Waals surface area contributed by atoms with E-state index in [4.69, 9.17) is 5.26 Å². The van der Waals surface area contributed by atoms with E-state index in [-0.39, 0.29) is 5.82 Å². The maximum absolute atomic E-state index is 13.1. The Labute approximate surface area is 180 Å². The van der Waals surface area contributed by atoms with Crippen LogP contribution in [0.3, 0.4) is 0 Å². The van der Waals surface area contributed by atoms with E-state index >= 15 is 0 Å². The number of benzene rings is 1. The highest BCUT2D eigenvalue weighted by Crippen LogP contribution is 2.37. The molecular weight excluding hydrogens is 376 g/mol. The molecule has 2 fully saturated rings. The average molecular weight is 410 g/mol. The van der Waals surface area contributed by atoms with Gasteiger partial charge in [-0.3, -0.25) is 0 Å². The smallest absolute Gasteiger partial charge is 0.199 e. The summed E-state index contributed by atoms with van der Waals surface area (Å²) in [7, 11) is 0. The Hall–Kier alpha value is -2.21. The molecule has 0 aliphatic heterocycles. The largest absolute Gasteiger partial charge is 0.207 e. The predicted molar refractivity (Wildman–Crippen MR) is 119 cm³/mol. The van der Waals surface area contributed by atoms with Gasteiger partial charge in [0.05, 0.1) is 0 Å². The molecule has 0 heterocycles. The topological polar surface area (TPSA) is 23.8 Å². The molecule has 30 heavy (non-hydrogen) atoms. The molecule has 0 saturated heterocycles. The molecule has 2 aliphatic carbocycles. The number of halogens is 2. The lowest BCUT2D eigenvalue weighted by Gasteiger charge is -2.29. The van der Waals surface area contributed by atoms with Gasteiger partial charge in [-0.25, -0.2) is 4.39 Å². The van der Waals surface area contributed by atoms with E-state index in [1.165, 1.54) is 69.1 Å². The van der Waals surface area contributed by atoms with Crippen LogP contribution in [0.2, 0.25) is 0 Å². The van der Waals surface area contributed by atoms with Crippen LogP contribution in [0.25, 0.3) is 0 Å². The maximum atomic E-state index is 13.1. The summed E-state index contributed by atoms with van der Waals surface area (Å²) in [5.74, 6) is 1.90. The summed E-state index contributed by atoms with van der Waals surface area (Å²) in [6.45, 7) is 0. The van der Waals surface area contributed by atoms with Crippen LogP contribution in [0.1, 0.15) is 75.7 Å². The van der Waals surface area contributed by atoms with Gasteiger partial charge in [0, 0.05) is 0 Å². The Balaban J connectivity index is 1.32. The fourth-order valence-corrected chi connectivity index (χ4v) is 4.98. The Morgan fingerprint density at radius 1 is 0.933 bits per heavy atom. The number of hydrogen-bond donors (Lipinski definition) is 0. The van der Waals surface area contributed by atoms with Crippen LogP contribution in [0.5, 0.6) is 0 Å². The molecule has 0 atom stereocenters. The van der Waals surface area contributed by atoms with Crippen molar-refractivity contribution in [3.8, 4) is 6.07 Å². The first-order valence-corrected chi connectivity index (χ1v) is 11.5. The maximum Gasteiger partial charge on any atom is 0.199 e. The zero-order chi connectivity index (χ0) is 21.2. The van der Waals surface area contributed by atoms with E-state index in [0.29, 0.717) is 11.8 Å². The number of hydrogen-bond acceptors (Lipinski definition) is 1. The molecule has 0 spiro atoms. The first-order chi connectivity index (χ1) is 14.6. The van der Waals surface area contributed by atoms with Gasteiger partial charge in [0.2, 0.25) is 0 Å². The van der Waals surface area contributed by atoms with Crippen LogP contribution in [0.15, 0.2) is 60.5 Å². The molecule has 0 N–H and O–H groups in total. The molecule has 2 saturated carbocycles. The van der Waals surface area contributed by atoms with Gasteiger partial charge in [0.25, 0.3) is 0 Å². The minimum Gasteiger partial charge on any atom is -0.207 e. The minimum atomic E-state index is -0.734. The lowest BCUT2D eigenvalue weighted by Crippen LogP contribution is -2.14. The molecule has 1 aromatic carbocycles. The van der Waals surface area contributed by atoms with Crippen LogP contribution in [0, 0.1) is 34.9 Å². The molecular formula is C27H33F2N. The lowest BCUT2D eigenvalue weighted by atomic mass is 9.77. The highest BCUT2D eigenvalue weighted by molar-refractivity contribution is 5.21. The van der Waals surface area contributed by atoms with Crippen molar-refractivity contribution >= 4 is 0 Å². The van der Waals surface area contributed by atoms with Crippen LogP contribution < -0.4 is 0 Å². The summed E-state index contributed by atoms with van der Waals surface area (Å²) in [6, 6.07) is 8.55. The van der Waals surface area contributed by atoms with Gasteiger partial charge in [-0.15, -0.1) is 0 Å². The quantitative estimate of drug-likeness (QED) is 0.253. The van der Waals surface area contributed by atoms with Crippen molar-refractivity contribution in [2.45, 2.75) is 70.1 Å². The van der Waals surface area contributed by atoms with Crippen molar-refractivity contribution < 1.29 is 8.78 Å². The number of rotatable bonds is 7. The summed E-state index contributed by atoms with van der Waals surface area (Å²) in [5, 5.41) is 8.37. The third kappa shape index (κ3) is 7.24. The first-order valence-electron chi connectivity index (χ1n) is 11.5. The van der Waals surface area contributed by atoms with Crippen LogP contribution in [0.4, 0.5) is 8.78 Å². The van der Waals surface area contributed by atoms with E-state index in [2.05, 4.69) is 12.2 Å². The minimum absolute atomic E-state index is 0.148. The highest BCUT2D eigenvalue weighted by atomic mass is 19.1. The normalized spacial score (nSPS) is 28.1. The van der Waals surface area contributed by atoms with Crippen LogP contribution >= 0.6 is 0 Å².